The largest absolute Gasteiger partial charge is 0.453 e. The molecule has 3 heterocycles. The molecule has 9 nitrogen and oxygen atoms in total. The summed E-state index contributed by atoms with van der Waals surface area (Å²) in [6.07, 6.45) is 9.84. The summed E-state index contributed by atoms with van der Waals surface area (Å²) >= 11 is 0. The molecular formula is C24H30N6O3. The lowest BCUT2D eigenvalue weighted by Crippen LogP contribution is -2.44. The van der Waals surface area contributed by atoms with Crippen molar-refractivity contribution < 1.29 is 14.3 Å². The van der Waals surface area contributed by atoms with Gasteiger partial charge in [-0.15, -0.1) is 0 Å². The Hall–Kier alpha value is -3.62. The standard InChI is InChI=1S/C24H30N6O3/c1-15(2)27-22-20(23(31)28-18-4-6-19(7-5-18)29-24(32)33-3)13-26-30-14-17(12-21(22)30)16-8-10-25-11-9-16/h8-15,18-19,27H,4-7H2,1-3H3,(H,28,31)(H,29,32)/t18-,19-. The van der Waals surface area contributed by atoms with Gasteiger partial charge in [-0.25, -0.2) is 9.31 Å². The van der Waals surface area contributed by atoms with Crippen molar-refractivity contribution in [1.29, 1.82) is 0 Å². The zero-order valence-corrected chi connectivity index (χ0v) is 19.2. The summed E-state index contributed by atoms with van der Waals surface area (Å²) in [4.78, 5) is 28.8. The van der Waals surface area contributed by atoms with Crippen molar-refractivity contribution >= 4 is 23.2 Å². The maximum atomic E-state index is 13.2. The lowest BCUT2D eigenvalue weighted by atomic mass is 9.91. The zero-order chi connectivity index (χ0) is 23.4. The lowest BCUT2D eigenvalue weighted by Gasteiger charge is -2.29. The fourth-order valence-corrected chi connectivity index (χ4v) is 4.24. The minimum atomic E-state index is -0.412. The topological polar surface area (TPSA) is 110 Å². The molecule has 2 amide bonds. The van der Waals surface area contributed by atoms with Crippen molar-refractivity contribution in [3.05, 3.63) is 48.5 Å². The fraction of sp³-hybridized carbons (Fsp3) is 0.417. The first kappa shape index (κ1) is 22.6. The predicted molar refractivity (Wildman–Crippen MR) is 126 cm³/mol. The number of nitrogens with one attached hydrogen (secondary N) is 3. The molecule has 0 radical (unpaired) electrons. The van der Waals surface area contributed by atoms with Gasteiger partial charge >= 0.3 is 6.09 Å². The maximum absolute atomic E-state index is 13.2. The Morgan fingerprint density at radius 1 is 1.06 bits per heavy atom. The van der Waals surface area contributed by atoms with E-state index in [0.717, 1.165) is 48.0 Å². The molecular weight excluding hydrogens is 420 g/mol. The first-order valence-corrected chi connectivity index (χ1v) is 11.3. The summed E-state index contributed by atoms with van der Waals surface area (Å²) < 4.78 is 6.47. The van der Waals surface area contributed by atoms with Crippen molar-refractivity contribution in [2.45, 2.75) is 57.7 Å². The fourth-order valence-electron chi connectivity index (χ4n) is 4.24. The second-order valence-electron chi connectivity index (χ2n) is 8.68. The van der Waals surface area contributed by atoms with Crippen LogP contribution in [-0.4, -0.2) is 51.8 Å². The van der Waals surface area contributed by atoms with Crippen LogP contribution in [0.2, 0.25) is 0 Å². The molecule has 0 bridgehead atoms. The van der Waals surface area contributed by atoms with Crippen LogP contribution in [0.25, 0.3) is 16.6 Å². The molecule has 9 heteroatoms. The molecule has 3 aromatic heterocycles. The van der Waals surface area contributed by atoms with Crippen molar-refractivity contribution in [2.24, 2.45) is 0 Å². The van der Waals surface area contributed by atoms with Crippen LogP contribution in [0, 0.1) is 0 Å². The van der Waals surface area contributed by atoms with E-state index in [1.165, 1.54) is 7.11 Å². The molecule has 0 aromatic carbocycles. The van der Waals surface area contributed by atoms with Gasteiger partial charge in [0.1, 0.15) is 0 Å². The summed E-state index contributed by atoms with van der Waals surface area (Å²) in [5, 5.41) is 13.9. The van der Waals surface area contributed by atoms with Crippen molar-refractivity contribution in [3.8, 4) is 11.1 Å². The smallest absolute Gasteiger partial charge is 0.407 e. The monoisotopic (exact) mass is 450 g/mol. The molecule has 3 aromatic rings. The van der Waals surface area contributed by atoms with E-state index in [4.69, 9.17) is 0 Å². The number of methoxy groups -OCH3 is 1. The van der Waals surface area contributed by atoms with E-state index >= 15 is 0 Å². The quantitative estimate of drug-likeness (QED) is 0.529. The van der Waals surface area contributed by atoms with Gasteiger partial charge in [-0.1, -0.05) is 0 Å². The number of alkyl carbamates (subject to hydrolysis) is 1. The number of hydrogen-bond donors (Lipinski definition) is 3. The van der Waals surface area contributed by atoms with Gasteiger partial charge in [0, 0.05) is 42.3 Å². The number of hydrogen-bond acceptors (Lipinski definition) is 6. The Morgan fingerprint density at radius 2 is 1.73 bits per heavy atom. The van der Waals surface area contributed by atoms with Gasteiger partial charge < -0.3 is 20.7 Å². The molecule has 1 saturated carbocycles. The van der Waals surface area contributed by atoms with Gasteiger partial charge in [0.15, 0.2) is 0 Å². The molecule has 174 valence electrons. The van der Waals surface area contributed by atoms with E-state index in [-0.39, 0.29) is 24.0 Å². The number of amides is 2. The normalized spacial score (nSPS) is 18.2. The number of aromatic nitrogens is 3. The maximum Gasteiger partial charge on any atom is 0.407 e. The summed E-state index contributed by atoms with van der Waals surface area (Å²) in [5.74, 6) is -0.149. The van der Waals surface area contributed by atoms with Crippen LogP contribution < -0.4 is 16.0 Å². The van der Waals surface area contributed by atoms with Gasteiger partial charge in [-0.05, 0) is 63.3 Å². The van der Waals surface area contributed by atoms with E-state index in [9.17, 15) is 9.59 Å². The molecule has 1 aliphatic carbocycles. The number of fused-ring (bicyclic) bond motifs is 1. The molecule has 4 rings (SSSR count). The Balaban J connectivity index is 1.54. The van der Waals surface area contributed by atoms with Gasteiger partial charge in [-0.2, -0.15) is 5.10 Å². The average Bonchev–Trinajstić information content (AvgIpc) is 3.25. The molecule has 0 saturated heterocycles. The van der Waals surface area contributed by atoms with Crippen LogP contribution in [0.15, 0.2) is 43.0 Å². The Kier molecular flexibility index (Phi) is 6.76. The number of ether oxygens (including phenoxy) is 1. The Bertz CT molecular complexity index is 1120. The summed E-state index contributed by atoms with van der Waals surface area (Å²) in [6.45, 7) is 4.09. The first-order valence-electron chi connectivity index (χ1n) is 11.3. The highest BCUT2D eigenvalue weighted by Gasteiger charge is 2.26. The summed E-state index contributed by atoms with van der Waals surface area (Å²) in [5.41, 5.74) is 4.17. The number of rotatable bonds is 6. The Labute approximate surface area is 192 Å². The Morgan fingerprint density at radius 3 is 2.36 bits per heavy atom. The molecule has 1 fully saturated rings. The van der Waals surface area contributed by atoms with Crippen molar-refractivity contribution in [3.63, 3.8) is 0 Å². The van der Waals surface area contributed by atoms with E-state index in [2.05, 4.69) is 30.8 Å². The SMILES string of the molecule is COC(=O)N[C@H]1CC[C@H](NC(=O)c2cnn3cc(-c4ccncc4)cc3c2NC(C)C)CC1. The van der Waals surface area contributed by atoms with Crippen LogP contribution >= 0.6 is 0 Å². The second-order valence-corrected chi connectivity index (χ2v) is 8.68. The van der Waals surface area contributed by atoms with Crippen LogP contribution in [0.5, 0.6) is 0 Å². The van der Waals surface area contributed by atoms with Crippen molar-refractivity contribution in [1.82, 2.24) is 25.2 Å². The van der Waals surface area contributed by atoms with E-state index in [1.54, 1.807) is 23.1 Å². The van der Waals surface area contributed by atoms with E-state index in [1.807, 2.05) is 38.2 Å². The average molecular weight is 451 g/mol. The van der Waals surface area contributed by atoms with E-state index < -0.39 is 6.09 Å². The highest BCUT2D eigenvalue weighted by atomic mass is 16.5. The highest BCUT2D eigenvalue weighted by Crippen LogP contribution is 2.29. The molecule has 0 atom stereocenters. The molecule has 3 N–H and O–H groups in total. The number of carbonyl (C=O) groups is 2. The van der Waals surface area contributed by atoms with Crippen LogP contribution in [-0.2, 0) is 4.74 Å². The number of nitrogens with zero attached hydrogens (tertiary/aromatic N) is 3. The van der Waals surface area contributed by atoms with Crippen molar-refractivity contribution in [2.75, 3.05) is 12.4 Å². The minimum Gasteiger partial charge on any atom is -0.453 e. The number of anilines is 1. The number of carbonyl (C=O) groups excluding carboxylic acids is 2. The lowest BCUT2D eigenvalue weighted by molar-refractivity contribution is 0.0923. The van der Waals surface area contributed by atoms with Gasteiger partial charge in [-0.3, -0.25) is 9.78 Å². The molecule has 0 spiro atoms. The van der Waals surface area contributed by atoms with Gasteiger partial charge in [0.25, 0.3) is 5.91 Å². The highest BCUT2D eigenvalue weighted by molar-refractivity contribution is 6.03. The number of pyridine rings is 1. The van der Waals surface area contributed by atoms with Gasteiger partial charge in [0.05, 0.1) is 30.1 Å². The summed E-state index contributed by atoms with van der Waals surface area (Å²) in [6, 6.07) is 6.20. The third-order valence-electron chi connectivity index (χ3n) is 5.90. The third kappa shape index (κ3) is 5.24. The van der Waals surface area contributed by atoms with Gasteiger partial charge in [0.2, 0.25) is 0 Å². The predicted octanol–water partition coefficient (Wildman–Crippen LogP) is 3.61. The molecule has 33 heavy (non-hydrogen) atoms. The first-order chi connectivity index (χ1) is 15.9. The minimum absolute atomic E-state index is 0.0514. The third-order valence-corrected chi connectivity index (χ3v) is 5.90. The van der Waals surface area contributed by atoms with Crippen LogP contribution in [0.4, 0.5) is 10.5 Å². The zero-order valence-electron chi connectivity index (χ0n) is 19.2. The molecule has 1 aliphatic rings. The summed E-state index contributed by atoms with van der Waals surface area (Å²) in [7, 11) is 1.36. The molecule has 0 unspecified atom stereocenters. The second kappa shape index (κ2) is 9.89. The van der Waals surface area contributed by atoms with Crippen LogP contribution in [0.3, 0.4) is 0 Å². The van der Waals surface area contributed by atoms with E-state index in [0.29, 0.717) is 5.56 Å². The van der Waals surface area contributed by atoms with Crippen LogP contribution in [0.1, 0.15) is 49.9 Å². The molecule has 0 aliphatic heterocycles.